The van der Waals surface area contributed by atoms with Gasteiger partial charge in [-0.15, -0.1) is 0 Å². The third-order valence-corrected chi connectivity index (χ3v) is 4.20. The number of urea groups is 1. The molecule has 1 heterocycles. The second kappa shape index (κ2) is 7.53. The smallest absolute Gasteiger partial charge is 0.339 e. The van der Waals surface area contributed by atoms with Crippen molar-refractivity contribution in [1.82, 2.24) is 5.32 Å². The number of anilines is 1. The molecule has 0 atom stereocenters. The standard InChI is InChI=1S/C19H13ClN2O6/c1-28-15-7-2-10(8-13(15)18(25)26)9-14-16(23)21-19(27)22(17(14)24)12-5-3-11(20)4-6-12/h2-9H,1H3,(H,25,26)(H,21,23,27)/b14-9-. The van der Waals surface area contributed by atoms with E-state index < -0.39 is 23.8 Å². The lowest BCUT2D eigenvalue weighted by Crippen LogP contribution is -2.54. The van der Waals surface area contributed by atoms with Gasteiger partial charge >= 0.3 is 12.0 Å². The van der Waals surface area contributed by atoms with Crippen molar-refractivity contribution in [1.29, 1.82) is 0 Å². The minimum absolute atomic E-state index is 0.132. The summed E-state index contributed by atoms with van der Waals surface area (Å²) in [5.74, 6) is -2.82. The van der Waals surface area contributed by atoms with Crippen molar-refractivity contribution in [2.45, 2.75) is 0 Å². The Balaban J connectivity index is 2.03. The first kappa shape index (κ1) is 19.1. The van der Waals surface area contributed by atoms with Gasteiger partial charge in [0.1, 0.15) is 16.9 Å². The number of rotatable bonds is 4. The number of carbonyl (C=O) groups is 4. The number of carboxylic acid groups (broad SMARTS) is 1. The number of nitrogens with one attached hydrogen (secondary N) is 1. The summed E-state index contributed by atoms with van der Waals surface area (Å²) < 4.78 is 4.98. The van der Waals surface area contributed by atoms with Crippen molar-refractivity contribution < 1.29 is 29.0 Å². The van der Waals surface area contributed by atoms with E-state index >= 15 is 0 Å². The molecule has 2 aromatic carbocycles. The second-order valence-corrected chi connectivity index (χ2v) is 6.14. The Morgan fingerprint density at radius 1 is 1.14 bits per heavy atom. The number of carbonyl (C=O) groups excluding carboxylic acids is 3. The maximum atomic E-state index is 12.8. The lowest BCUT2D eigenvalue weighted by atomic mass is 10.0. The van der Waals surface area contributed by atoms with E-state index in [2.05, 4.69) is 5.32 Å². The third kappa shape index (κ3) is 3.58. The summed E-state index contributed by atoms with van der Waals surface area (Å²) in [6.45, 7) is 0. The molecule has 0 saturated carbocycles. The molecule has 2 aromatic rings. The van der Waals surface area contributed by atoms with Crippen LogP contribution in [0.4, 0.5) is 10.5 Å². The van der Waals surface area contributed by atoms with E-state index in [-0.39, 0.29) is 28.1 Å². The number of nitrogens with zero attached hydrogens (tertiary/aromatic N) is 1. The van der Waals surface area contributed by atoms with Crippen LogP contribution in [0.5, 0.6) is 5.75 Å². The fraction of sp³-hybridized carbons (Fsp3) is 0.0526. The zero-order chi connectivity index (χ0) is 20.4. The quantitative estimate of drug-likeness (QED) is 0.602. The average Bonchev–Trinajstić information content (AvgIpc) is 2.66. The number of hydrogen-bond donors (Lipinski definition) is 2. The Morgan fingerprint density at radius 3 is 2.43 bits per heavy atom. The number of amides is 4. The van der Waals surface area contributed by atoms with Crippen LogP contribution >= 0.6 is 11.6 Å². The largest absolute Gasteiger partial charge is 0.496 e. The summed E-state index contributed by atoms with van der Waals surface area (Å²) >= 11 is 5.82. The zero-order valence-electron chi connectivity index (χ0n) is 14.4. The van der Waals surface area contributed by atoms with Crippen LogP contribution in [0.2, 0.25) is 5.02 Å². The Hall–Kier alpha value is -3.65. The molecule has 4 amide bonds. The van der Waals surface area contributed by atoms with Crippen molar-refractivity contribution in [3.63, 3.8) is 0 Å². The molecule has 0 spiro atoms. The Bertz CT molecular complexity index is 1030. The number of aromatic carboxylic acids is 1. The summed E-state index contributed by atoms with van der Waals surface area (Å²) in [5, 5.41) is 11.8. The zero-order valence-corrected chi connectivity index (χ0v) is 15.2. The Morgan fingerprint density at radius 2 is 1.82 bits per heavy atom. The van der Waals surface area contributed by atoms with E-state index in [9.17, 15) is 24.3 Å². The van der Waals surface area contributed by atoms with E-state index in [4.69, 9.17) is 16.3 Å². The van der Waals surface area contributed by atoms with Crippen LogP contribution in [0, 0.1) is 0 Å². The lowest BCUT2D eigenvalue weighted by molar-refractivity contribution is -0.122. The molecule has 0 radical (unpaired) electrons. The first-order chi connectivity index (χ1) is 13.3. The maximum Gasteiger partial charge on any atom is 0.339 e. The summed E-state index contributed by atoms with van der Waals surface area (Å²) in [6, 6.07) is 9.19. The molecule has 3 rings (SSSR count). The topological polar surface area (TPSA) is 113 Å². The number of halogens is 1. The number of barbiturate groups is 1. The number of methoxy groups -OCH3 is 1. The summed E-state index contributed by atoms with van der Waals surface area (Å²) in [6.07, 6.45) is 1.21. The minimum Gasteiger partial charge on any atom is -0.496 e. The highest BCUT2D eigenvalue weighted by Gasteiger charge is 2.36. The molecule has 0 bridgehead atoms. The van der Waals surface area contributed by atoms with Crippen molar-refractivity contribution in [3.05, 3.63) is 64.2 Å². The molecule has 28 heavy (non-hydrogen) atoms. The van der Waals surface area contributed by atoms with Crippen molar-refractivity contribution >= 4 is 47.2 Å². The maximum absolute atomic E-state index is 12.8. The van der Waals surface area contributed by atoms with Gasteiger partial charge in [-0.3, -0.25) is 14.9 Å². The van der Waals surface area contributed by atoms with Crippen LogP contribution in [0.3, 0.4) is 0 Å². The number of hydrogen-bond acceptors (Lipinski definition) is 5. The van der Waals surface area contributed by atoms with Crippen LogP contribution < -0.4 is 15.0 Å². The molecule has 1 aliphatic heterocycles. The number of ether oxygens (including phenoxy) is 1. The fourth-order valence-corrected chi connectivity index (χ4v) is 2.76. The average molecular weight is 401 g/mol. The minimum atomic E-state index is -1.23. The highest BCUT2D eigenvalue weighted by atomic mass is 35.5. The molecular formula is C19H13ClN2O6. The third-order valence-electron chi connectivity index (χ3n) is 3.95. The van der Waals surface area contributed by atoms with Gasteiger partial charge in [0.15, 0.2) is 0 Å². The normalized spacial score (nSPS) is 15.6. The van der Waals surface area contributed by atoms with Crippen LogP contribution in [0.25, 0.3) is 6.08 Å². The molecule has 1 fully saturated rings. The van der Waals surface area contributed by atoms with E-state index in [1.54, 1.807) is 0 Å². The Labute approximate surface area is 164 Å². The summed E-state index contributed by atoms with van der Waals surface area (Å²) in [5.41, 5.74) is 0.0515. The lowest BCUT2D eigenvalue weighted by Gasteiger charge is -2.26. The van der Waals surface area contributed by atoms with Crippen LogP contribution in [-0.4, -0.2) is 36.0 Å². The molecule has 1 saturated heterocycles. The van der Waals surface area contributed by atoms with E-state index in [0.29, 0.717) is 5.02 Å². The number of imide groups is 2. The molecule has 2 N–H and O–H groups in total. The molecule has 9 heteroatoms. The van der Waals surface area contributed by atoms with Gasteiger partial charge in [0.05, 0.1) is 12.8 Å². The number of benzene rings is 2. The van der Waals surface area contributed by atoms with Crippen LogP contribution in [-0.2, 0) is 9.59 Å². The monoisotopic (exact) mass is 400 g/mol. The van der Waals surface area contributed by atoms with Gasteiger partial charge in [0.2, 0.25) is 0 Å². The molecule has 142 valence electrons. The second-order valence-electron chi connectivity index (χ2n) is 5.70. The van der Waals surface area contributed by atoms with Gasteiger partial charge in [0, 0.05) is 5.02 Å². The van der Waals surface area contributed by atoms with E-state index in [1.807, 2.05) is 0 Å². The molecule has 0 aromatic heterocycles. The van der Waals surface area contributed by atoms with E-state index in [0.717, 1.165) is 4.90 Å². The highest BCUT2D eigenvalue weighted by molar-refractivity contribution is 6.39. The molecule has 1 aliphatic rings. The van der Waals surface area contributed by atoms with Gasteiger partial charge in [-0.25, -0.2) is 14.5 Å². The first-order valence-corrected chi connectivity index (χ1v) is 8.28. The predicted molar refractivity (Wildman–Crippen MR) is 100 cm³/mol. The van der Waals surface area contributed by atoms with Gasteiger partial charge in [-0.1, -0.05) is 17.7 Å². The van der Waals surface area contributed by atoms with Gasteiger partial charge in [-0.05, 0) is 48.0 Å². The van der Waals surface area contributed by atoms with Crippen molar-refractivity contribution in [2.24, 2.45) is 0 Å². The van der Waals surface area contributed by atoms with Gasteiger partial charge in [-0.2, -0.15) is 0 Å². The van der Waals surface area contributed by atoms with Crippen LogP contribution in [0.15, 0.2) is 48.0 Å². The molecule has 0 aliphatic carbocycles. The highest BCUT2D eigenvalue weighted by Crippen LogP contribution is 2.25. The van der Waals surface area contributed by atoms with Gasteiger partial charge in [0.25, 0.3) is 11.8 Å². The van der Waals surface area contributed by atoms with Crippen molar-refractivity contribution in [3.8, 4) is 5.75 Å². The SMILES string of the molecule is COc1ccc(/C=C2/C(=O)NC(=O)N(c3ccc(Cl)cc3)C2=O)cc1C(=O)O. The molecule has 8 nitrogen and oxygen atoms in total. The Kier molecular flexibility index (Phi) is 5.14. The predicted octanol–water partition coefficient (Wildman–Crippen LogP) is 2.71. The fourth-order valence-electron chi connectivity index (χ4n) is 2.63. The van der Waals surface area contributed by atoms with E-state index in [1.165, 1.54) is 55.7 Å². The van der Waals surface area contributed by atoms with Crippen molar-refractivity contribution in [2.75, 3.05) is 12.0 Å². The molecular weight excluding hydrogens is 388 g/mol. The van der Waals surface area contributed by atoms with Gasteiger partial charge < -0.3 is 9.84 Å². The summed E-state index contributed by atoms with van der Waals surface area (Å²) in [4.78, 5) is 49.3. The summed E-state index contributed by atoms with van der Waals surface area (Å²) in [7, 11) is 1.33. The molecule has 0 unspecified atom stereocenters. The number of carboxylic acids is 1. The first-order valence-electron chi connectivity index (χ1n) is 7.90. The van der Waals surface area contributed by atoms with Crippen LogP contribution in [0.1, 0.15) is 15.9 Å².